The number of rotatable bonds is 3. The first kappa shape index (κ1) is 13.8. The molecule has 1 aromatic rings. The molecule has 0 saturated heterocycles. The van der Waals surface area contributed by atoms with Crippen LogP contribution in [0, 0.1) is 17.6 Å². The number of benzene rings is 1. The zero-order valence-electron chi connectivity index (χ0n) is 10.5. The standard InChI is InChI=1S/C14H19F2NS/c1-2-9-3-5-12(17)14(7-9)18-13-6-4-10(15)8-11(13)16/h4,6,8-9,12,14H,2-3,5,7,17H2,1H3. The molecule has 2 N–H and O–H groups in total. The van der Waals surface area contributed by atoms with Crippen LogP contribution in [0.3, 0.4) is 0 Å². The van der Waals surface area contributed by atoms with Crippen molar-refractivity contribution in [2.75, 3.05) is 0 Å². The van der Waals surface area contributed by atoms with E-state index in [1.807, 2.05) is 0 Å². The summed E-state index contributed by atoms with van der Waals surface area (Å²) in [6, 6.07) is 3.87. The van der Waals surface area contributed by atoms with Gasteiger partial charge in [-0.2, -0.15) is 0 Å². The van der Waals surface area contributed by atoms with Gasteiger partial charge in [-0.05, 0) is 37.3 Å². The molecule has 1 saturated carbocycles. The third-order valence-electron chi connectivity index (χ3n) is 3.70. The molecule has 1 aliphatic rings. The van der Waals surface area contributed by atoms with E-state index in [2.05, 4.69) is 6.92 Å². The van der Waals surface area contributed by atoms with E-state index in [1.54, 1.807) is 0 Å². The molecular weight excluding hydrogens is 252 g/mol. The fourth-order valence-electron chi connectivity index (χ4n) is 2.48. The van der Waals surface area contributed by atoms with Crippen LogP contribution in [0.5, 0.6) is 0 Å². The van der Waals surface area contributed by atoms with Crippen molar-refractivity contribution in [1.29, 1.82) is 0 Å². The van der Waals surface area contributed by atoms with Crippen molar-refractivity contribution in [3.63, 3.8) is 0 Å². The Kier molecular flexibility index (Phi) is 4.62. The SMILES string of the molecule is CCC1CCC(N)C(Sc2ccc(F)cc2F)C1. The van der Waals surface area contributed by atoms with Gasteiger partial charge < -0.3 is 5.73 Å². The van der Waals surface area contributed by atoms with E-state index >= 15 is 0 Å². The Bertz CT molecular complexity index is 411. The molecule has 1 aliphatic carbocycles. The van der Waals surface area contributed by atoms with Gasteiger partial charge in [-0.3, -0.25) is 0 Å². The summed E-state index contributed by atoms with van der Waals surface area (Å²) in [6.45, 7) is 2.18. The summed E-state index contributed by atoms with van der Waals surface area (Å²) in [5, 5.41) is 0.240. The van der Waals surface area contributed by atoms with Crippen molar-refractivity contribution in [1.82, 2.24) is 0 Å². The Morgan fingerprint density at radius 1 is 1.33 bits per heavy atom. The average molecular weight is 271 g/mol. The maximum Gasteiger partial charge on any atom is 0.139 e. The molecule has 0 bridgehead atoms. The van der Waals surface area contributed by atoms with Crippen molar-refractivity contribution in [3.8, 4) is 0 Å². The van der Waals surface area contributed by atoms with E-state index in [1.165, 1.54) is 30.3 Å². The Hall–Kier alpha value is -0.610. The summed E-state index contributed by atoms with van der Waals surface area (Å²) in [7, 11) is 0. The molecule has 3 atom stereocenters. The molecule has 1 nitrogen and oxygen atoms in total. The zero-order valence-corrected chi connectivity index (χ0v) is 11.4. The van der Waals surface area contributed by atoms with Crippen LogP contribution >= 0.6 is 11.8 Å². The molecule has 4 heteroatoms. The number of hydrogen-bond acceptors (Lipinski definition) is 2. The number of nitrogens with two attached hydrogens (primary N) is 1. The highest BCUT2D eigenvalue weighted by Gasteiger charge is 2.28. The lowest BCUT2D eigenvalue weighted by Crippen LogP contribution is -2.38. The monoisotopic (exact) mass is 271 g/mol. The molecule has 100 valence electrons. The van der Waals surface area contributed by atoms with Crippen LogP contribution in [0.15, 0.2) is 23.1 Å². The second-order valence-corrected chi connectivity index (χ2v) is 6.26. The van der Waals surface area contributed by atoms with Crippen LogP contribution in [-0.4, -0.2) is 11.3 Å². The highest BCUT2D eigenvalue weighted by atomic mass is 32.2. The second-order valence-electron chi connectivity index (χ2n) is 4.98. The normalized spacial score (nSPS) is 28.3. The Morgan fingerprint density at radius 2 is 2.11 bits per heavy atom. The van der Waals surface area contributed by atoms with E-state index in [9.17, 15) is 8.78 Å². The van der Waals surface area contributed by atoms with Gasteiger partial charge in [0.2, 0.25) is 0 Å². The molecule has 0 radical (unpaired) electrons. The number of halogens is 2. The van der Waals surface area contributed by atoms with E-state index < -0.39 is 11.6 Å². The van der Waals surface area contributed by atoms with Gasteiger partial charge in [0.25, 0.3) is 0 Å². The summed E-state index contributed by atoms with van der Waals surface area (Å²) < 4.78 is 26.5. The molecule has 0 spiro atoms. The maximum atomic E-state index is 13.6. The maximum absolute atomic E-state index is 13.6. The lowest BCUT2D eigenvalue weighted by Gasteiger charge is -2.33. The fourth-order valence-corrected chi connectivity index (χ4v) is 3.80. The quantitative estimate of drug-likeness (QED) is 0.900. The average Bonchev–Trinajstić information content (AvgIpc) is 2.35. The van der Waals surface area contributed by atoms with Gasteiger partial charge in [0.1, 0.15) is 11.6 Å². The van der Waals surface area contributed by atoms with Crippen LogP contribution in [0.4, 0.5) is 8.78 Å². The summed E-state index contributed by atoms with van der Waals surface area (Å²) >= 11 is 1.46. The van der Waals surface area contributed by atoms with E-state index in [4.69, 9.17) is 5.73 Å². The van der Waals surface area contributed by atoms with Gasteiger partial charge in [-0.1, -0.05) is 13.3 Å². The van der Waals surface area contributed by atoms with Crippen LogP contribution in [0.25, 0.3) is 0 Å². The summed E-state index contributed by atoms with van der Waals surface area (Å²) in [6.07, 6.45) is 4.34. The highest BCUT2D eigenvalue weighted by molar-refractivity contribution is 8.00. The number of thioether (sulfide) groups is 1. The van der Waals surface area contributed by atoms with Crippen LogP contribution < -0.4 is 5.73 Å². The molecule has 0 aliphatic heterocycles. The summed E-state index contributed by atoms with van der Waals surface area (Å²) in [4.78, 5) is 0.508. The third kappa shape index (κ3) is 3.23. The first-order valence-electron chi connectivity index (χ1n) is 6.47. The second kappa shape index (κ2) is 6.02. The first-order valence-corrected chi connectivity index (χ1v) is 7.35. The van der Waals surface area contributed by atoms with Crippen LogP contribution in [0.1, 0.15) is 32.6 Å². The molecule has 0 heterocycles. The lowest BCUT2D eigenvalue weighted by atomic mass is 9.84. The van der Waals surface area contributed by atoms with Crippen molar-refractivity contribution in [3.05, 3.63) is 29.8 Å². The largest absolute Gasteiger partial charge is 0.327 e. The molecule has 3 unspecified atom stereocenters. The molecule has 0 aromatic heterocycles. The van der Waals surface area contributed by atoms with Gasteiger partial charge in [0, 0.05) is 22.3 Å². The molecule has 1 fully saturated rings. The topological polar surface area (TPSA) is 26.0 Å². The minimum Gasteiger partial charge on any atom is -0.327 e. The van der Waals surface area contributed by atoms with Gasteiger partial charge in [-0.25, -0.2) is 8.78 Å². The van der Waals surface area contributed by atoms with Gasteiger partial charge in [-0.15, -0.1) is 11.8 Å². The highest BCUT2D eigenvalue weighted by Crippen LogP contribution is 2.37. The Morgan fingerprint density at radius 3 is 2.78 bits per heavy atom. The molecule has 0 amide bonds. The molecule has 18 heavy (non-hydrogen) atoms. The van der Waals surface area contributed by atoms with Crippen molar-refractivity contribution >= 4 is 11.8 Å². The zero-order chi connectivity index (χ0) is 13.1. The van der Waals surface area contributed by atoms with Crippen LogP contribution in [-0.2, 0) is 0 Å². The lowest BCUT2D eigenvalue weighted by molar-refractivity contribution is 0.327. The van der Waals surface area contributed by atoms with Crippen molar-refractivity contribution in [2.45, 2.75) is 48.8 Å². The van der Waals surface area contributed by atoms with E-state index in [0.717, 1.165) is 25.3 Å². The summed E-state index contributed by atoms with van der Waals surface area (Å²) in [5.41, 5.74) is 6.11. The predicted molar refractivity (Wildman–Crippen MR) is 71.6 cm³/mol. The minimum atomic E-state index is -0.531. The van der Waals surface area contributed by atoms with Gasteiger partial charge >= 0.3 is 0 Å². The van der Waals surface area contributed by atoms with Crippen molar-refractivity contribution < 1.29 is 8.78 Å². The molecule has 1 aromatic carbocycles. The molecule has 2 rings (SSSR count). The minimum absolute atomic E-state index is 0.113. The van der Waals surface area contributed by atoms with E-state index in [0.29, 0.717) is 10.8 Å². The Balaban J connectivity index is 2.07. The fraction of sp³-hybridized carbons (Fsp3) is 0.571. The van der Waals surface area contributed by atoms with E-state index in [-0.39, 0.29) is 11.3 Å². The summed E-state index contributed by atoms with van der Waals surface area (Å²) in [5.74, 6) is -0.326. The number of hydrogen-bond donors (Lipinski definition) is 1. The Labute approximate surface area is 111 Å². The smallest absolute Gasteiger partial charge is 0.139 e. The first-order chi connectivity index (χ1) is 8.60. The van der Waals surface area contributed by atoms with Gasteiger partial charge in [0.05, 0.1) is 0 Å². The van der Waals surface area contributed by atoms with Gasteiger partial charge in [0.15, 0.2) is 0 Å². The molecular formula is C14H19F2NS. The predicted octanol–water partition coefficient (Wildman–Crippen LogP) is 3.96. The van der Waals surface area contributed by atoms with Crippen LogP contribution in [0.2, 0.25) is 0 Å². The van der Waals surface area contributed by atoms with Crippen molar-refractivity contribution in [2.24, 2.45) is 11.7 Å². The third-order valence-corrected chi connectivity index (χ3v) is 5.13.